The van der Waals surface area contributed by atoms with E-state index in [0.29, 0.717) is 0 Å². The van der Waals surface area contributed by atoms with Crippen LogP contribution in [0.3, 0.4) is 0 Å². The van der Waals surface area contributed by atoms with Crippen molar-refractivity contribution in [3.8, 4) is 0 Å². The third-order valence-corrected chi connectivity index (χ3v) is 2.35. The Balaban J connectivity index is 0.000000165. The lowest BCUT2D eigenvalue weighted by Gasteiger charge is -1.96. The molecular weight excluding hydrogens is 216 g/mol. The van der Waals surface area contributed by atoms with Crippen molar-refractivity contribution in [1.82, 2.24) is 0 Å². The molecule has 0 spiro atoms. The third-order valence-electron chi connectivity index (χ3n) is 2.10. The number of benzene rings is 2. The van der Waals surface area contributed by atoms with Gasteiger partial charge in [-0.25, -0.2) is 0 Å². The van der Waals surface area contributed by atoms with Crippen LogP contribution in [0.15, 0.2) is 48.5 Å². The summed E-state index contributed by atoms with van der Waals surface area (Å²) in [5, 5.41) is 0.794. The number of rotatable bonds is 0. The minimum absolute atomic E-state index is 0.794. The van der Waals surface area contributed by atoms with Crippen molar-refractivity contribution < 1.29 is 0 Å². The molecule has 0 bridgehead atoms. The van der Waals surface area contributed by atoms with Crippen LogP contribution in [0.25, 0.3) is 0 Å². The SMILES string of the molecule is Cc1cc(C)cc(C)c1.Clc1ccccc1. The molecule has 0 aromatic heterocycles. The molecule has 0 atom stereocenters. The monoisotopic (exact) mass is 232 g/mol. The van der Waals surface area contributed by atoms with Crippen LogP contribution in [-0.2, 0) is 0 Å². The van der Waals surface area contributed by atoms with Gasteiger partial charge in [-0.3, -0.25) is 0 Å². The molecule has 2 aromatic carbocycles. The van der Waals surface area contributed by atoms with Gasteiger partial charge in [-0.05, 0) is 32.9 Å². The van der Waals surface area contributed by atoms with Crippen LogP contribution in [0.1, 0.15) is 16.7 Å². The van der Waals surface area contributed by atoms with E-state index in [0.717, 1.165) is 5.02 Å². The Labute approximate surface area is 103 Å². The van der Waals surface area contributed by atoms with E-state index in [4.69, 9.17) is 11.6 Å². The Kier molecular flexibility index (Phi) is 5.07. The predicted octanol–water partition coefficient (Wildman–Crippen LogP) is 4.95. The molecule has 2 aromatic rings. The summed E-state index contributed by atoms with van der Waals surface area (Å²) in [5.41, 5.74) is 4.06. The van der Waals surface area contributed by atoms with E-state index in [1.807, 2.05) is 30.3 Å². The van der Waals surface area contributed by atoms with E-state index in [-0.39, 0.29) is 0 Å². The number of hydrogen-bond donors (Lipinski definition) is 0. The third kappa shape index (κ3) is 4.99. The van der Waals surface area contributed by atoms with Crippen molar-refractivity contribution in [2.75, 3.05) is 0 Å². The van der Waals surface area contributed by atoms with Crippen molar-refractivity contribution in [3.63, 3.8) is 0 Å². The molecule has 0 unspecified atom stereocenters. The van der Waals surface area contributed by atoms with Gasteiger partial charge >= 0.3 is 0 Å². The molecule has 0 fully saturated rings. The maximum atomic E-state index is 5.54. The zero-order valence-electron chi connectivity index (χ0n) is 10.00. The standard InChI is InChI=1S/C9H12.C6H5Cl/c1-7-4-8(2)6-9(3)5-7;7-6-4-2-1-3-5-6/h4-6H,1-3H3;1-5H. The molecule has 0 amide bonds. The van der Waals surface area contributed by atoms with Gasteiger partial charge in [-0.1, -0.05) is 64.7 Å². The topological polar surface area (TPSA) is 0 Å². The van der Waals surface area contributed by atoms with Crippen LogP contribution >= 0.6 is 11.6 Å². The summed E-state index contributed by atoms with van der Waals surface area (Å²) < 4.78 is 0. The summed E-state index contributed by atoms with van der Waals surface area (Å²) in [6.07, 6.45) is 0. The molecule has 0 aliphatic carbocycles. The molecule has 0 aliphatic rings. The molecule has 0 nitrogen and oxygen atoms in total. The first-order valence-electron chi connectivity index (χ1n) is 5.33. The first-order chi connectivity index (χ1) is 7.58. The summed E-state index contributed by atoms with van der Waals surface area (Å²) in [6, 6.07) is 16.0. The van der Waals surface area contributed by atoms with Gasteiger partial charge in [0.2, 0.25) is 0 Å². The summed E-state index contributed by atoms with van der Waals surface area (Å²) >= 11 is 5.54. The molecule has 0 radical (unpaired) electrons. The van der Waals surface area contributed by atoms with Crippen LogP contribution in [0.4, 0.5) is 0 Å². The fourth-order valence-corrected chi connectivity index (χ4v) is 1.76. The molecule has 84 valence electrons. The summed E-state index contributed by atoms with van der Waals surface area (Å²) in [4.78, 5) is 0. The van der Waals surface area contributed by atoms with Gasteiger partial charge in [0.25, 0.3) is 0 Å². The highest BCUT2D eigenvalue weighted by atomic mass is 35.5. The lowest BCUT2D eigenvalue weighted by molar-refractivity contribution is 1.32. The summed E-state index contributed by atoms with van der Waals surface area (Å²) in [6.45, 7) is 6.38. The van der Waals surface area contributed by atoms with E-state index in [1.54, 1.807) is 0 Å². The van der Waals surface area contributed by atoms with Crippen LogP contribution in [0.5, 0.6) is 0 Å². The van der Waals surface area contributed by atoms with Gasteiger partial charge in [0.1, 0.15) is 0 Å². The lowest BCUT2D eigenvalue weighted by atomic mass is 10.1. The molecule has 0 aliphatic heterocycles. The number of aryl methyl sites for hydroxylation is 3. The van der Waals surface area contributed by atoms with Crippen molar-refractivity contribution in [2.24, 2.45) is 0 Å². The normalized spacial score (nSPS) is 9.25. The van der Waals surface area contributed by atoms with E-state index in [2.05, 4.69) is 39.0 Å². The van der Waals surface area contributed by atoms with E-state index in [9.17, 15) is 0 Å². The smallest absolute Gasteiger partial charge is 0.0405 e. The minimum atomic E-state index is 0.794. The Morgan fingerprint density at radius 1 is 0.688 bits per heavy atom. The van der Waals surface area contributed by atoms with Crippen molar-refractivity contribution in [2.45, 2.75) is 20.8 Å². The van der Waals surface area contributed by atoms with Crippen molar-refractivity contribution >= 4 is 11.6 Å². The first kappa shape index (κ1) is 12.8. The zero-order valence-corrected chi connectivity index (χ0v) is 10.8. The fourth-order valence-electron chi connectivity index (χ4n) is 1.62. The van der Waals surface area contributed by atoms with Gasteiger partial charge in [-0.15, -0.1) is 0 Å². The Morgan fingerprint density at radius 3 is 1.31 bits per heavy atom. The number of halogens is 1. The Bertz CT molecular complexity index is 382. The van der Waals surface area contributed by atoms with Gasteiger partial charge in [0.15, 0.2) is 0 Å². The Morgan fingerprint density at radius 2 is 1.06 bits per heavy atom. The second-order valence-electron chi connectivity index (χ2n) is 3.96. The van der Waals surface area contributed by atoms with E-state index >= 15 is 0 Å². The fraction of sp³-hybridized carbons (Fsp3) is 0.200. The first-order valence-corrected chi connectivity index (χ1v) is 5.71. The summed E-state index contributed by atoms with van der Waals surface area (Å²) in [5.74, 6) is 0. The molecule has 0 saturated carbocycles. The molecule has 16 heavy (non-hydrogen) atoms. The maximum absolute atomic E-state index is 5.54. The van der Waals surface area contributed by atoms with Crippen LogP contribution in [0.2, 0.25) is 5.02 Å². The highest BCUT2D eigenvalue weighted by molar-refractivity contribution is 6.30. The maximum Gasteiger partial charge on any atom is 0.0405 e. The minimum Gasteiger partial charge on any atom is -0.0843 e. The number of hydrogen-bond acceptors (Lipinski definition) is 0. The highest BCUT2D eigenvalue weighted by Crippen LogP contribution is 2.06. The lowest BCUT2D eigenvalue weighted by Crippen LogP contribution is -1.78. The molecule has 2 rings (SSSR count). The van der Waals surface area contributed by atoms with E-state index < -0.39 is 0 Å². The van der Waals surface area contributed by atoms with Crippen LogP contribution in [0, 0.1) is 20.8 Å². The second kappa shape index (κ2) is 6.34. The molecular formula is C15H17Cl. The van der Waals surface area contributed by atoms with Gasteiger partial charge < -0.3 is 0 Å². The van der Waals surface area contributed by atoms with Gasteiger partial charge in [0.05, 0.1) is 0 Å². The largest absolute Gasteiger partial charge is 0.0843 e. The van der Waals surface area contributed by atoms with Crippen molar-refractivity contribution in [3.05, 3.63) is 70.2 Å². The second-order valence-corrected chi connectivity index (χ2v) is 4.40. The molecule has 0 saturated heterocycles. The van der Waals surface area contributed by atoms with Crippen LogP contribution in [-0.4, -0.2) is 0 Å². The van der Waals surface area contributed by atoms with Crippen LogP contribution < -0.4 is 0 Å². The molecule has 0 N–H and O–H groups in total. The molecule has 0 heterocycles. The van der Waals surface area contributed by atoms with Crippen molar-refractivity contribution in [1.29, 1.82) is 0 Å². The molecule has 1 heteroatoms. The summed E-state index contributed by atoms with van der Waals surface area (Å²) in [7, 11) is 0. The quantitative estimate of drug-likeness (QED) is 0.603. The predicted molar refractivity (Wildman–Crippen MR) is 72.1 cm³/mol. The zero-order chi connectivity index (χ0) is 12.0. The average molecular weight is 233 g/mol. The van der Waals surface area contributed by atoms with Gasteiger partial charge in [-0.2, -0.15) is 0 Å². The van der Waals surface area contributed by atoms with E-state index in [1.165, 1.54) is 16.7 Å². The Hall–Kier alpha value is -1.27. The average Bonchev–Trinajstić information content (AvgIpc) is 2.17. The highest BCUT2D eigenvalue weighted by Gasteiger charge is 1.87. The van der Waals surface area contributed by atoms with Gasteiger partial charge in [0, 0.05) is 5.02 Å².